The third-order valence-corrected chi connectivity index (χ3v) is 5.61. The van der Waals surface area contributed by atoms with Crippen LogP contribution in [0.1, 0.15) is 26.2 Å². The smallest absolute Gasteiger partial charge is 0.264 e. The summed E-state index contributed by atoms with van der Waals surface area (Å²) in [6.45, 7) is 2.67. The van der Waals surface area contributed by atoms with Crippen molar-refractivity contribution in [1.29, 1.82) is 5.26 Å². The summed E-state index contributed by atoms with van der Waals surface area (Å²) in [6, 6.07) is 17.6. The number of nitrogens with zero attached hydrogens (tertiary/aromatic N) is 2. The topological polar surface area (TPSA) is 70.4 Å². The standard InChI is InChI=1S/C19H22N2O3S/c1-2-21(17-9-5-3-6-10-17)25(22,23)19-13-11-18(12-14-19)24-16-8-4-7-15-20/h3,5-6,9-14H,2,4,7-8,16H2,1H3. The Balaban J connectivity index is 2.08. The Labute approximate surface area is 149 Å². The molecule has 2 aromatic rings. The van der Waals surface area contributed by atoms with Gasteiger partial charge in [-0.05, 0) is 56.2 Å². The molecule has 0 bridgehead atoms. The van der Waals surface area contributed by atoms with Gasteiger partial charge in [0, 0.05) is 13.0 Å². The summed E-state index contributed by atoms with van der Waals surface area (Å²) in [6.07, 6.45) is 2.11. The molecule has 0 saturated carbocycles. The quantitative estimate of drug-likeness (QED) is 0.636. The normalized spacial score (nSPS) is 10.9. The van der Waals surface area contributed by atoms with E-state index in [0.717, 1.165) is 12.8 Å². The molecule has 0 atom stereocenters. The van der Waals surface area contributed by atoms with Gasteiger partial charge in [0.05, 0.1) is 23.3 Å². The van der Waals surface area contributed by atoms with E-state index in [9.17, 15) is 8.42 Å². The number of nitriles is 1. The highest BCUT2D eigenvalue weighted by Crippen LogP contribution is 2.24. The summed E-state index contributed by atoms with van der Waals surface area (Å²) in [5.74, 6) is 0.624. The number of para-hydroxylation sites is 1. The lowest BCUT2D eigenvalue weighted by Gasteiger charge is -2.23. The molecule has 0 unspecified atom stereocenters. The van der Waals surface area contributed by atoms with Crippen LogP contribution in [-0.2, 0) is 10.0 Å². The molecule has 25 heavy (non-hydrogen) atoms. The van der Waals surface area contributed by atoms with Gasteiger partial charge in [0.2, 0.25) is 0 Å². The van der Waals surface area contributed by atoms with Crippen LogP contribution in [0, 0.1) is 11.3 Å². The van der Waals surface area contributed by atoms with Gasteiger partial charge >= 0.3 is 0 Å². The first kappa shape index (κ1) is 18.8. The van der Waals surface area contributed by atoms with Gasteiger partial charge in [-0.3, -0.25) is 4.31 Å². The molecule has 0 aliphatic heterocycles. The van der Waals surface area contributed by atoms with E-state index >= 15 is 0 Å². The summed E-state index contributed by atoms with van der Waals surface area (Å²) in [7, 11) is -3.61. The molecule has 0 saturated heterocycles. The van der Waals surface area contributed by atoms with Gasteiger partial charge in [0.1, 0.15) is 5.75 Å². The van der Waals surface area contributed by atoms with E-state index in [-0.39, 0.29) is 4.90 Å². The number of sulfonamides is 1. The summed E-state index contributed by atoms with van der Waals surface area (Å²) >= 11 is 0. The maximum Gasteiger partial charge on any atom is 0.264 e. The molecular weight excluding hydrogens is 336 g/mol. The lowest BCUT2D eigenvalue weighted by molar-refractivity contribution is 0.307. The molecule has 0 N–H and O–H groups in total. The van der Waals surface area contributed by atoms with Crippen molar-refractivity contribution >= 4 is 15.7 Å². The van der Waals surface area contributed by atoms with E-state index in [1.165, 1.54) is 4.31 Å². The first-order valence-corrected chi connectivity index (χ1v) is 9.71. The zero-order valence-electron chi connectivity index (χ0n) is 14.3. The van der Waals surface area contributed by atoms with Gasteiger partial charge < -0.3 is 4.74 Å². The van der Waals surface area contributed by atoms with Crippen molar-refractivity contribution in [1.82, 2.24) is 0 Å². The third-order valence-electron chi connectivity index (χ3n) is 3.69. The van der Waals surface area contributed by atoms with Gasteiger partial charge in [-0.15, -0.1) is 0 Å². The third kappa shape index (κ3) is 4.97. The van der Waals surface area contributed by atoms with Crippen molar-refractivity contribution in [2.45, 2.75) is 31.1 Å². The highest BCUT2D eigenvalue weighted by Gasteiger charge is 2.23. The number of hydrogen-bond acceptors (Lipinski definition) is 4. The lowest BCUT2D eigenvalue weighted by Crippen LogP contribution is -2.30. The van der Waals surface area contributed by atoms with E-state index in [1.807, 2.05) is 25.1 Å². The van der Waals surface area contributed by atoms with Crippen LogP contribution in [0.2, 0.25) is 0 Å². The molecule has 6 heteroatoms. The van der Waals surface area contributed by atoms with Crippen LogP contribution in [0.5, 0.6) is 5.75 Å². The Hall–Kier alpha value is -2.52. The maximum absolute atomic E-state index is 12.9. The fourth-order valence-electron chi connectivity index (χ4n) is 2.42. The monoisotopic (exact) mass is 358 g/mol. The summed E-state index contributed by atoms with van der Waals surface area (Å²) < 4.78 is 32.7. The molecule has 0 aliphatic carbocycles. The Bertz CT molecular complexity index is 797. The van der Waals surface area contributed by atoms with Crippen LogP contribution in [-0.4, -0.2) is 21.6 Å². The predicted octanol–water partition coefficient (Wildman–Crippen LogP) is 3.97. The number of ether oxygens (including phenoxy) is 1. The Kier molecular flexibility index (Phi) is 6.84. The van der Waals surface area contributed by atoms with Crippen molar-refractivity contribution in [3.8, 4) is 11.8 Å². The average molecular weight is 358 g/mol. The highest BCUT2D eigenvalue weighted by molar-refractivity contribution is 7.92. The molecular formula is C19H22N2O3S. The number of unbranched alkanes of at least 4 members (excludes halogenated alkanes) is 2. The largest absolute Gasteiger partial charge is 0.494 e. The minimum Gasteiger partial charge on any atom is -0.494 e. The summed E-state index contributed by atoms with van der Waals surface area (Å²) in [5, 5.41) is 8.49. The van der Waals surface area contributed by atoms with E-state index in [1.54, 1.807) is 36.4 Å². The van der Waals surface area contributed by atoms with Crippen LogP contribution in [0.3, 0.4) is 0 Å². The molecule has 5 nitrogen and oxygen atoms in total. The van der Waals surface area contributed by atoms with Crippen molar-refractivity contribution in [3.05, 3.63) is 54.6 Å². The number of benzene rings is 2. The van der Waals surface area contributed by atoms with E-state index in [4.69, 9.17) is 10.00 Å². The molecule has 0 amide bonds. The van der Waals surface area contributed by atoms with Crippen molar-refractivity contribution in [3.63, 3.8) is 0 Å². The van der Waals surface area contributed by atoms with Crippen molar-refractivity contribution in [2.24, 2.45) is 0 Å². The van der Waals surface area contributed by atoms with Crippen LogP contribution in [0.15, 0.2) is 59.5 Å². The first-order valence-electron chi connectivity index (χ1n) is 8.27. The molecule has 132 valence electrons. The molecule has 0 heterocycles. The maximum atomic E-state index is 12.9. The van der Waals surface area contributed by atoms with Gasteiger partial charge in [0.25, 0.3) is 10.0 Å². The number of hydrogen-bond donors (Lipinski definition) is 0. The molecule has 2 rings (SSSR count). The zero-order valence-corrected chi connectivity index (χ0v) is 15.1. The fraction of sp³-hybridized carbons (Fsp3) is 0.316. The highest BCUT2D eigenvalue weighted by atomic mass is 32.2. The SMILES string of the molecule is CCN(c1ccccc1)S(=O)(=O)c1ccc(OCCCCC#N)cc1. The second-order valence-electron chi connectivity index (χ2n) is 5.44. The van der Waals surface area contributed by atoms with Gasteiger partial charge in [-0.2, -0.15) is 5.26 Å². The number of rotatable bonds is 9. The van der Waals surface area contributed by atoms with Crippen LogP contribution >= 0.6 is 0 Å². The molecule has 0 aliphatic rings. The predicted molar refractivity (Wildman–Crippen MR) is 98.0 cm³/mol. The second kappa shape index (κ2) is 9.09. The summed E-state index contributed by atoms with van der Waals surface area (Å²) in [5.41, 5.74) is 0.641. The van der Waals surface area contributed by atoms with E-state index < -0.39 is 10.0 Å². The fourth-order valence-corrected chi connectivity index (χ4v) is 3.89. The average Bonchev–Trinajstić information content (AvgIpc) is 2.63. The minimum atomic E-state index is -3.61. The Morgan fingerprint density at radius 1 is 1.04 bits per heavy atom. The second-order valence-corrected chi connectivity index (χ2v) is 7.30. The van der Waals surface area contributed by atoms with Gasteiger partial charge in [-0.25, -0.2) is 8.42 Å². The summed E-state index contributed by atoms with van der Waals surface area (Å²) in [4.78, 5) is 0.232. The van der Waals surface area contributed by atoms with Crippen LogP contribution in [0.25, 0.3) is 0 Å². The van der Waals surface area contributed by atoms with Crippen molar-refractivity contribution in [2.75, 3.05) is 17.5 Å². The Morgan fingerprint density at radius 2 is 1.72 bits per heavy atom. The molecule has 0 aromatic heterocycles. The van der Waals surface area contributed by atoms with Crippen LogP contribution < -0.4 is 9.04 Å². The first-order chi connectivity index (χ1) is 12.1. The molecule has 2 aromatic carbocycles. The molecule has 0 radical (unpaired) electrons. The number of anilines is 1. The Morgan fingerprint density at radius 3 is 2.32 bits per heavy atom. The molecule has 0 fully saturated rings. The minimum absolute atomic E-state index is 0.232. The van der Waals surface area contributed by atoms with Crippen LogP contribution in [0.4, 0.5) is 5.69 Å². The van der Waals surface area contributed by atoms with E-state index in [2.05, 4.69) is 6.07 Å². The van der Waals surface area contributed by atoms with Crippen molar-refractivity contribution < 1.29 is 13.2 Å². The zero-order chi connectivity index (χ0) is 18.1. The lowest BCUT2D eigenvalue weighted by atomic mass is 10.2. The van der Waals surface area contributed by atoms with E-state index in [0.29, 0.717) is 31.0 Å². The van der Waals surface area contributed by atoms with Gasteiger partial charge in [-0.1, -0.05) is 18.2 Å². The van der Waals surface area contributed by atoms with Gasteiger partial charge in [0.15, 0.2) is 0 Å². The molecule has 0 spiro atoms.